The molecule has 2 aromatic rings. The smallest absolute Gasteiger partial charge is 0.338 e. The van der Waals surface area contributed by atoms with E-state index >= 15 is 0 Å². The van der Waals surface area contributed by atoms with Crippen molar-refractivity contribution in [1.29, 1.82) is 0 Å². The maximum absolute atomic E-state index is 12.2. The van der Waals surface area contributed by atoms with Gasteiger partial charge in [0, 0.05) is 11.8 Å². The lowest BCUT2D eigenvalue weighted by atomic mass is 9.93. The molecule has 0 fully saturated rings. The van der Waals surface area contributed by atoms with Crippen molar-refractivity contribution in [3.8, 4) is 5.75 Å². The van der Waals surface area contributed by atoms with Gasteiger partial charge >= 0.3 is 5.97 Å². The molecule has 0 aliphatic rings. The third kappa shape index (κ3) is 6.26. The van der Waals surface area contributed by atoms with Crippen molar-refractivity contribution in [3.63, 3.8) is 0 Å². The zero-order chi connectivity index (χ0) is 19.6. The van der Waals surface area contributed by atoms with E-state index in [1.54, 1.807) is 19.2 Å². The number of esters is 1. The van der Waals surface area contributed by atoms with Crippen molar-refractivity contribution < 1.29 is 19.0 Å². The molecule has 0 saturated heterocycles. The van der Waals surface area contributed by atoms with Gasteiger partial charge in [-0.05, 0) is 29.8 Å². The Balaban J connectivity index is 1.93. The SMILES string of the molecule is C=C[C@H](C)[C@H](OCc1ccc(OC)cc1)[C@@H](C)COC(=O)c1ccccc1. The van der Waals surface area contributed by atoms with Gasteiger partial charge in [0.25, 0.3) is 0 Å². The van der Waals surface area contributed by atoms with Gasteiger partial charge in [-0.25, -0.2) is 4.79 Å². The summed E-state index contributed by atoms with van der Waals surface area (Å²) in [5.41, 5.74) is 1.61. The van der Waals surface area contributed by atoms with Crippen LogP contribution in [0.4, 0.5) is 0 Å². The summed E-state index contributed by atoms with van der Waals surface area (Å²) < 4.78 is 16.8. The van der Waals surface area contributed by atoms with Crippen molar-refractivity contribution in [2.24, 2.45) is 11.8 Å². The number of hydrogen-bond acceptors (Lipinski definition) is 4. The van der Waals surface area contributed by atoms with E-state index < -0.39 is 0 Å². The van der Waals surface area contributed by atoms with E-state index in [-0.39, 0.29) is 23.9 Å². The minimum atomic E-state index is -0.317. The third-order valence-corrected chi connectivity index (χ3v) is 4.54. The van der Waals surface area contributed by atoms with Crippen molar-refractivity contribution in [3.05, 3.63) is 78.4 Å². The number of benzene rings is 2. The molecule has 4 nitrogen and oxygen atoms in total. The highest BCUT2D eigenvalue weighted by Gasteiger charge is 2.24. The molecule has 0 heterocycles. The Bertz CT molecular complexity index is 709. The molecule has 0 saturated carbocycles. The average molecular weight is 368 g/mol. The summed E-state index contributed by atoms with van der Waals surface area (Å²) in [7, 11) is 1.64. The Morgan fingerprint density at radius 3 is 2.33 bits per heavy atom. The number of methoxy groups -OCH3 is 1. The van der Waals surface area contributed by atoms with E-state index in [1.807, 2.05) is 55.5 Å². The van der Waals surface area contributed by atoms with Crippen LogP contribution in [0.3, 0.4) is 0 Å². The Kier molecular flexibility index (Phi) is 8.08. The lowest BCUT2D eigenvalue weighted by molar-refractivity contribution is -0.0364. The summed E-state index contributed by atoms with van der Waals surface area (Å²) in [6.07, 6.45) is 1.77. The van der Waals surface area contributed by atoms with Crippen LogP contribution in [0.1, 0.15) is 29.8 Å². The topological polar surface area (TPSA) is 44.8 Å². The minimum absolute atomic E-state index is 0.0314. The summed E-state index contributed by atoms with van der Waals surface area (Å²) in [6.45, 7) is 8.73. The highest BCUT2D eigenvalue weighted by Crippen LogP contribution is 2.21. The number of ether oxygens (including phenoxy) is 3. The molecular formula is C23H28O4. The normalized spacial score (nSPS) is 14.0. The number of carbonyl (C=O) groups is 1. The van der Waals surface area contributed by atoms with Crippen LogP contribution in [0.5, 0.6) is 5.75 Å². The number of carbonyl (C=O) groups excluding carboxylic acids is 1. The second-order valence-electron chi connectivity index (χ2n) is 6.66. The number of hydrogen-bond donors (Lipinski definition) is 0. The van der Waals surface area contributed by atoms with E-state index in [9.17, 15) is 4.79 Å². The molecule has 27 heavy (non-hydrogen) atoms. The van der Waals surface area contributed by atoms with Gasteiger partial charge < -0.3 is 14.2 Å². The van der Waals surface area contributed by atoms with E-state index in [0.29, 0.717) is 18.8 Å². The summed E-state index contributed by atoms with van der Waals surface area (Å²) in [5.74, 6) is 0.663. The molecule has 4 heteroatoms. The van der Waals surface area contributed by atoms with Gasteiger partial charge in [0.15, 0.2) is 0 Å². The van der Waals surface area contributed by atoms with Crippen molar-refractivity contribution in [1.82, 2.24) is 0 Å². The van der Waals surface area contributed by atoms with Crippen LogP contribution in [-0.4, -0.2) is 25.8 Å². The third-order valence-electron chi connectivity index (χ3n) is 4.54. The Labute approximate surface area is 161 Å². The van der Waals surface area contributed by atoms with Crippen LogP contribution < -0.4 is 4.74 Å². The predicted octanol–water partition coefficient (Wildman–Crippen LogP) is 4.90. The average Bonchev–Trinajstić information content (AvgIpc) is 2.72. The summed E-state index contributed by atoms with van der Waals surface area (Å²) in [5, 5.41) is 0. The van der Waals surface area contributed by atoms with Gasteiger partial charge in [0.2, 0.25) is 0 Å². The van der Waals surface area contributed by atoms with E-state index in [4.69, 9.17) is 14.2 Å². The van der Waals surface area contributed by atoms with Crippen LogP contribution in [-0.2, 0) is 16.1 Å². The molecular weight excluding hydrogens is 340 g/mol. The number of rotatable bonds is 10. The van der Waals surface area contributed by atoms with Crippen LogP contribution in [0.25, 0.3) is 0 Å². The molecule has 0 spiro atoms. The standard InChI is InChI=1S/C23H28O4/c1-5-17(2)22(26-16-19-11-13-21(25-4)14-12-19)18(3)15-27-23(24)20-9-7-6-8-10-20/h5-14,17-18,22H,1,15-16H2,2-4H3/t17-,18-,22-/m0/s1. The monoisotopic (exact) mass is 368 g/mol. The Hall–Kier alpha value is -2.59. The van der Waals surface area contributed by atoms with Gasteiger partial charge in [-0.15, -0.1) is 6.58 Å². The summed E-state index contributed by atoms with van der Waals surface area (Å²) in [4.78, 5) is 12.2. The van der Waals surface area contributed by atoms with E-state index in [2.05, 4.69) is 13.5 Å². The highest BCUT2D eigenvalue weighted by molar-refractivity contribution is 5.89. The first-order valence-electron chi connectivity index (χ1n) is 9.14. The molecule has 0 aliphatic heterocycles. The Morgan fingerprint density at radius 1 is 1.07 bits per heavy atom. The molecule has 0 amide bonds. The van der Waals surface area contributed by atoms with Crippen LogP contribution in [0, 0.1) is 11.8 Å². The van der Waals surface area contributed by atoms with E-state index in [1.165, 1.54) is 0 Å². The zero-order valence-electron chi connectivity index (χ0n) is 16.3. The van der Waals surface area contributed by atoms with Crippen molar-refractivity contribution in [2.75, 3.05) is 13.7 Å². The van der Waals surface area contributed by atoms with Gasteiger partial charge in [0.05, 0.1) is 32.0 Å². The van der Waals surface area contributed by atoms with Crippen molar-refractivity contribution >= 4 is 5.97 Å². The van der Waals surface area contributed by atoms with Gasteiger partial charge in [-0.3, -0.25) is 0 Å². The first kappa shape index (κ1) is 20.7. The maximum Gasteiger partial charge on any atom is 0.338 e. The predicted molar refractivity (Wildman–Crippen MR) is 107 cm³/mol. The fourth-order valence-electron chi connectivity index (χ4n) is 2.84. The fourth-order valence-corrected chi connectivity index (χ4v) is 2.84. The molecule has 2 aromatic carbocycles. The first-order valence-corrected chi connectivity index (χ1v) is 9.14. The lowest BCUT2D eigenvalue weighted by Crippen LogP contribution is -2.31. The second kappa shape index (κ2) is 10.5. The fraction of sp³-hybridized carbons (Fsp3) is 0.348. The van der Waals surface area contributed by atoms with E-state index in [0.717, 1.165) is 11.3 Å². The van der Waals surface area contributed by atoms with Crippen LogP contribution in [0.2, 0.25) is 0 Å². The molecule has 0 aromatic heterocycles. The Morgan fingerprint density at radius 2 is 1.74 bits per heavy atom. The van der Waals surface area contributed by atoms with Gasteiger partial charge in [0.1, 0.15) is 5.75 Å². The molecule has 144 valence electrons. The summed E-state index contributed by atoms with van der Waals surface area (Å²) >= 11 is 0. The molecule has 3 atom stereocenters. The molecule has 0 unspecified atom stereocenters. The minimum Gasteiger partial charge on any atom is -0.497 e. The quantitative estimate of drug-likeness (QED) is 0.442. The first-order chi connectivity index (χ1) is 13.0. The molecule has 0 aliphatic carbocycles. The van der Waals surface area contributed by atoms with Crippen LogP contribution in [0.15, 0.2) is 67.3 Å². The largest absolute Gasteiger partial charge is 0.497 e. The lowest BCUT2D eigenvalue weighted by Gasteiger charge is -2.28. The molecule has 0 radical (unpaired) electrons. The molecule has 0 N–H and O–H groups in total. The molecule has 2 rings (SSSR count). The molecule has 0 bridgehead atoms. The van der Waals surface area contributed by atoms with Crippen molar-refractivity contribution in [2.45, 2.75) is 26.6 Å². The second-order valence-corrected chi connectivity index (χ2v) is 6.66. The summed E-state index contributed by atoms with van der Waals surface area (Å²) in [6, 6.07) is 16.8. The zero-order valence-corrected chi connectivity index (χ0v) is 16.3. The highest BCUT2D eigenvalue weighted by atomic mass is 16.5. The van der Waals surface area contributed by atoms with Gasteiger partial charge in [-0.1, -0.05) is 50.3 Å². The van der Waals surface area contributed by atoms with Gasteiger partial charge in [-0.2, -0.15) is 0 Å². The maximum atomic E-state index is 12.2. The van der Waals surface area contributed by atoms with Crippen LogP contribution >= 0.6 is 0 Å².